The monoisotopic (exact) mass is 1500 g/mol. The Balaban J connectivity index is 7.81. The number of carbonyl (C=O) groups is 10. The van der Waals surface area contributed by atoms with Gasteiger partial charge in [-0.15, -0.1) is 0 Å². The molecule has 10 atom stereocenters. The van der Waals surface area contributed by atoms with E-state index in [1.807, 2.05) is 0 Å². The molecule has 0 aliphatic rings. The summed E-state index contributed by atoms with van der Waals surface area (Å²) in [4.78, 5) is 174. The van der Waals surface area contributed by atoms with Crippen molar-refractivity contribution in [2.24, 2.45) is 149 Å². The van der Waals surface area contributed by atoms with Crippen molar-refractivity contribution >= 4 is 119 Å². The minimum atomic E-state index is -1.56. The lowest BCUT2D eigenvalue weighted by molar-refractivity contribution is -0.136. The summed E-state index contributed by atoms with van der Waals surface area (Å²) in [6.45, 7) is 1.97. The van der Waals surface area contributed by atoms with Gasteiger partial charge in [-0.2, -0.15) is 12.6 Å². The van der Waals surface area contributed by atoms with Gasteiger partial charge >= 0.3 is 0 Å². The molecule has 0 aromatic heterocycles. The van der Waals surface area contributed by atoms with Gasteiger partial charge in [0.25, 0.3) is 0 Å². The number of hydrogen-bond donors (Lipinski definition) is 28. The van der Waals surface area contributed by atoms with Crippen molar-refractivity contribution in [1.29, 1.82) is 0 Å². The van der Waals surface area contributed by atoms with E-state index in [1.54, 1.807) is 6.92 Å². The Morgan fingerprint density at radius 3 is 0.615 bits per heavy atom. The summed E-state index contributed by atoms with van der Waals surface area (Å²) < 4.78 is 0. The largest absolute Gasteiger partial charge is 0.370 e. The van der Waals surface area contributed by atoms with E-state index < -0.39 is 119 Å². The number of aliphatic imine (C=N–C) groups is 8. The lowest BCUT2D eigenvalue weighted by Gasteiger charge is -2.28. The number of primary amides is 1. The molecule has 0 saturated heterocycles. The van der Waals surface area contributed by atoms with E-state index in [-0.39, 0.29) is 202 Å². The number of amides is 10. The van der Waals surface area contributed by atoms with Crippen molar-refractivity contribution in [3.63, 3.8) is 0 Å². The third-order valence-electron chi connectivity index (χ3n) is 15.0. The lowest BCUT2D eigenvalue weighted by Crippen LogP contribution is -2.60. The molecule has 45 nitrogen and oxygen atoms in total. The molecule has 104 heavy (non-hydrogen) atoms. The first kappa shape index (κ1) is 93.2. The topological polar surface area (TPSA) is 846 Å². The van der Waals surface area contributed by atoms with E-state index in [2.05, 4.69) is 100 Å². The van der Waals surface area contributed by atoms with E-state index >= 15 is 0 Å². The molecule has 0 heterocycles. The molecule has 0 spiro atoms. The molecule has 0 aromatic rings. The number of nitrogens with one attached hydrogen (secondary N) is 9. The molecule has 46 heteroatoms. The van der Waals surface area contributed by atoms with Crippen molar-refractivity contribution < 1.29 is 47.9 Å². The minimum absolute atomic E-state index is 0.0126. The molecule has 0 saturated carbocycles. The van der Waals surface area contributed by atoms with Crippen LogP contribution in [0.15, 0.2) is 39.9 Å². The van der Waals surface area contributed by atoms with Crippen LogP contribution in [0.4, 0.5) is 0 Å². The number of guanidine groups is 8. The maximum atomic E-state index is 14.9. The average molecular weight is 1500 g/mol. The number of thiol groups is 1. The number of hydrogen-bond acceptors (Lipinski definition) is 20. The smallest absolute Gasteiger partial charge is 0.244 e. The quantitative estimate of drug-likeness (QED) is 0.0116. The Hall–Kier alpha value is -10.8. The average Bonchev–Trinajstić information content (AvgIpc) is 0.855. The Morgan fingerprint density at radius 2 is 0.423 bits per heavy atom. The Morgan fingerprint density at radius 1 is 0.250 bits per heavy atom. The minimum Gasteiger partial charge on any atom is -0.370 e. The summed E-state index contributed by atoms with van der Waals surface area (Å²) in [5, 5.41) is 23.8. The molecule has 45 N–H and O–H groups in total. The van der Waals surface area contributed by atoms with Gasteiger partial charge in [-0.3, -0.25) is 87.9 Å². The van der Waals surface area contributed by atoms with Crippen molar-refractivity contribution in [3.05, 3.63) is 0 Å². The summed E-state index contributed by atoms with van der Waals surface area (Å²) in [6, 6.07) is -12.8. The third kappa shape index (κ3) is 45.1. The van der Waals surface area contributed by atoms with Crippen LogP contribution in [0.3, 0.4) is 0 Å². The van der Waals surface area contributed by atoms with Crippen molar-refractivity contribution in [2.45, 2.75) is 183 Å². The van der Waals surface area contributed by atoms with Crippen LogP contribution in [0.2, 0.25) is 0 Å². The van der Waals surface area contributed by atoms with Gasteiger partial charge in [0.1, 0.15) is 54.4 Å². The Kier molecular flexibility index (Phi) is 48.3. The van der Waals surface area contributed by atoms with E-state index in [0.717, 1.165) is 0 Å². The highest BCUT2D eigenvalue weighted by Crippen LogP contribution is 2.13. The highest BCUT2D eigenvalue weighted by atomic mass is 32.1. The molecule has 0 bridgehead atoms. The standard InChI is InChI=1S/C58H117N35O10S/c1-31(12-4-22-77-51(61)62)42(95)86-33(14-5-23-78-52(63)64)43(96)87-34(15-6-24-79-53(65)66)44(97)88-35(16-7-25-80-54(67)68)45(98)89-36(17-8-26-81-55(69)70)46(99)90-37(18-9-27-82-56(71)72)47(100)91-38(19-10-28-83-57(73)74)48(101)92-39(20-11-29-84-58(75)76)49(102)93-40(30-104)50(103)85-32(41(60)94)13-2-3-21-59/h31-40,104H,2-30,59H2,1H3,(H2,60,94)(H,85,103)(H,86,95)(H,87,96)(H,88,97)(H,89,98)(H,90,99)(H,91,100)(H,92,101)(H,93,102)(H4,61,62,77)(H4,63,64,78)(H4,65,66,79)(H4,67,68,80)(H4,69,70,81)(H4,71,72,82)(H4,73,74,83)(H4,75,76,84)/t31-,32-,33-,34-,35-,36-,37-,38-,39-,40-/m1/s1. The zero-order valence-electron chi connectivity index (χ0n) is 59.3. The van der Waals surface area contributed by atoms with E-state index in [4.69, 9.17) is 103 Å². The molecule has 0 aliphatic heterocycles. The first-order chi connectivity index (χ1) is 49.1. The van der Waals surface area contributed by atoms with E-state index in [0.29, 0.717) is 32.2 Å². The number of nitrogens with zero attached hydrogens (tertiary/aromatic N) is 8. The van der Waals surface area contributed by atoms with Crippen LogP contribution < -0.4 is 151 Å². The van der Waals surface area contributed by atoms with E-state index in [9.17, 15) is 47.9 Å². The maximum Gasteiger partial charge on any atom is 0.244 e. The second-order valence-electron chi connectivity index (χ2n) is 23.9. The van der Waals surface area contributed by atoms with Crippen LogP contribution in [0.25, 0.3) is 0 Å². The third-order valence-corrected chi connectivity index (χ3v) is 15.4. The summed E-state index contributed by atoms with van der Waals surface area (Å²) >= 11 is 4.25. The summed E-state index contributed by atoms with van der Waals surface area (Å²) in [5.74, 6) is -11.6. The predicted molar refractivity (Wildman–Crippen MR) is 402 cm³/mol. The summed E-state index contributed by atoms with van der Waals surface area (Å²) in [5.41, 5.74) is 100. The first-order valence-corrected chi connectivity index (χ1v) is 34.5. The highest BCUT2D eigenvalue weighted by Gasteiger charge is 2.36. The zero-order chi connectivity index (χ0) is 78.7. The molecule has 590 valence electrons. The van der Waals surface area contributed by atoms with Crippen LogP contribution in [-0.4, -0.2) is 226 Å². The van der Waals surface area contributed by atoms with Crippen LogP contribution in [0.1, 0.15) is 129 Å². The Bertz CT molecular complexity index is 2940. The molecule has 0 aromatic carbocycles. The van der Waals surface area contributed by atoms with Gasteiger partial charge in [-0.05, 0) is 129 Å². The molecule has 0 radical (unpaired) electrons. The van der Waals surface area contributed by atoms with Gasteiger partial charge in [0.05, 0.1) is 0 Å². The van der Waals surface area contributed by atoms with E-state index in [1.165, 1.54) is 0 Å². The number of carbonyl (C=O) groups excluding carboxylic acids is 10. The van der Waals surface area contributed by atoms with Gasteiger partial charge in [-0.1, -0.05) is 6.92 Å². The molecule has 0 aliphatic carbocycles. The predicted octanol–water partition coefficient (Wildman–Crippen LogP) is -12.0. The zero-order valence-corrected chi connectivity index (χ0v) is 60.2. The maximum absolute atomic E-state index is 14.9. The fraction of sp³-hybridized carbons (Fsp3) is 0.690. The molecular formula is C58H117N35O10S. The lowest BCUT2D eigenvalue weighted by atomic mass is 10.0. The van der Waals surface area contributed by atoms with Gasteiger partial charge in [0.2, 0.25) is 59.1 Å². The summed E-state index contributed by atoms with van der Waals surface area (Å²) in [6.07, 6.45) is 1.20. The normalized spacial score (nSPS) is 13.6. The van der Waals surface area contributed by atoms with Gasteiger partial charge < -0.3 is 151 Å². The second kappa shape index (κ2) is 53.9. The number of unbranched alkanes of at least 4 members (excludes halogenated alkanes) is 1. The number of nitrogens with two attached hydrogens (primary N) is 18. The van der Waals surface area contributed by atoms with Crippen molar-refractivity contribution in [1.82, 2.24) is 47.9 Å². The van der Waals surface area contributed by atoms with Crippen LogP contribution in [0, 0.1) is 5.92 Å². The molecule has 10 amide bonds. The highest BCUT2D eigenvalue weighted by molar-refractivity contribution is 7.80. The SMILES string of the molecule is C[C@H](CCCN=C(N)N)C(=O)N[C@H](CCCN=C(N)N)C(=O)N[C@H](CCCN=C(N)N)C(=O)N[C@H](CCCN=C(N)N)C(=O)N[C@H](CCCN=C(N)N)C(=O)N[C@H](CCCN=C(N)N)C(=O)N[C@H](CCCN=C(N)N)C(=O)N[C@H](CCCN=C(N)N)C(=O)N[C@H](CS)C(=O)N[C@H](CCCCN)C(N)=O. The fourth-order valence-electron chi connectivity index (χ4n) is 9.61. The Labute approximate surface area is 610 Å². The second-order valence-corrected chi connectivity index (χ2v) is 24.3. The summed E-state index contributed by atoms with van der Waals surface area (Å²) in [7, 11) is 0. The van der Waals surface area contributed by atoms with Gasteiger partial charge in [-0.25, -0.2) is 0 Å². The first-order valence-electron chi connectivity index (χ1n) is 33.9. The van der Waals surface area contributed by atoms with Crippen LogP contribution >= 0.6 is 12.6 Å². The number of rotatable bonds is 56. The molecule has 0 unspecified atom stereocenters. The fourth-order valence-corrected chi connectivity index (χ4v) is 9.87. The molecular weight excluding hydrogens is 1380 g/mol. The van der Waals surface area contributed by atoms with Crippen molar-refractivity contribution in [2.75, 3.05) is 64.7 Å². The van der Waals surface area contributed by atoms with Gasteiger partial charge in [0.15, 0.2) is 47.7 Å². The van der Waals surface area contributed by atoms with Gasteiger partial charge in [0, 0.05) is 64.0 Å². The van der Waals surface area contributed by atoms with Crippen LogP contribution in [-0.2, 0) is 47.9 Å². The van der Waals surface area contributed by atoms with Crippen LogP contribution in [0.5, 0.6) is 0 Å². The molecule has 0 fully saturated rings. The van der Waals surface area contributed by atoms with Crippen molar-refractivity contribution in [3.8, 4) is 0 Å². The molecule has 0 rings (SSSR count).